The topological polar surface area (TPSA) is 62.7 Å². The summed E-state index contributed by atoms with van der Waals surface area (Å²) in [6.07, 6.45) is 3.65. The number of hydrogen-bond donors (Lipinski definition) is 2. The van der Waals surface area contributed by atoms with E-state index in [0.29, 0.717) is 0 Å². The average Bonchev–Trinajstić information content (AvgIpc) is 2.85. The van der Waals surface area contributed by atoms with Gasteiger partial charge < -0.3 is 10.6 Å². The summed E-state index contributed by atoms with van der Waals surface area (Å²) in [6, 6.07) is 0. The highest BCUT2D eigenvalue weighted by Crippen LogP contribution is 2.23. The predicted octanol–water partition coefficient (Wildman–Crippen LogP) is 3.24. The quantitative estimate of drug-likeness (QED) is 0.820. The first-order valence-electron chi connectivity index (χ1n) is 6.96. The minimum absolute atomic E-state index is 0.760. The molecule has 0 aromatic carbocycles. The summed E-state index contributed by atoms with van der Waals surface area (Å²) in [4.78, 5) is 14.2. The zero-order valence-electron chi connectivity index (χ0n) is 12.2. The van der Waals surface area contributed by atoms with Gasteiger partial charge in [0.1, 0.15) is 18.0 Å². The number of rotatable bonds is 7. The van der Waals surface area contributed by atoms with E-state index in [1.54, 1.807) is 17.7 Å². The summed E-state index contributed by atoms with van der Waals surface area (Å²) in [5, 5.41) is 6.72. The Hall–Kier alpha value is -1.69. The van der Waals surface area contributed by atoms with Crippen molar-refractivity contribution in [1.82, 2.24) is 15.0 Å². The minimum Gasteiger partial charge on any atom is -0.370 e. The van der Waals surface area contributed by atoms with Crippen molar-refractivity contribution in [2.24, 2.45) is 0 Å². The van der Waals surface area contributed by atoms with Crippen molar-refractivity contribution >= 4 is 23.0 Å². The SMILES string of the molecule is CCCc1c(NCC)ncnc1NCc1scnc1C. The molecule has 0 saturated carbocycles. The smallest absolute Gasteiger partial charge is 0.135 e. The van der Waals surface area contributed by atoms with Crippen molar-refractivity contribution < 1.29 is 0 Å². The first-order valence-corrected chi connectivity index (χ1v) is 7.84. The zero-order chi connectivity index (χ0) is 14.4. The van der Waals surface area contributed by atoms with Gasteiger partial charge in [-0.25, -0.2) is 15.0 Å². The summed E-state index contributed by atoms with van der Waals surface area (Å²) < 4.78 is 0. The molecule has 0 spiro atoms. The van der Waals surface area contributed by atoms with Gasteiger partial charge in [0.2, 0.25) is 0 Å². The molecule has 0 unspecified atom stereocenters. The van der Waals surface area contributed by atoms with Crippen LogP contribution in [-0.4, -0.2) is 21.5 Å². The first kappa shape index (κ1) is 14.7. The van der Waals surface area contributed by atoms with Crippen LogP contribution in [0.3, 0.4) is 0 Å². The fourth-order valence-corrected chi connectivity index (χ4v) is 2.75. The molecule has 2 aromatic heterocycles. The van der Waals surface area contributed by atoms with Crippen molar-refractivity contribution in [3.05, 3.63) is 28.0 Å². The molecule has 2 aromatic rings. The lowest BCUT2D eigenvalue weighted by Crippen LogP contribution is -2.10. The molecular formula is C14H21N5S. The Bertz CT molecular complexity index is 552. The van der Waals surface area contributed by atoms with E-state index >= 15 is 0 Å². The van der Waals surface area contributed by atoms with E-state index in [-0.39, 0.29) is 0 Å². The van der Waals surface area contributed by atoms with E-state index in [2.05, 4.69) is 39.4 Å². The third-order valence-electron chi connectivity index (χ3n) is 3.05. The van der Waals surface area contributed by atoms with E-state index in [1.165, 1.54) is 10.4 Å². The van der Waals surface area contributed by atoms with Crippen LogP contribution in [0.5, 0.6) is 0 Å². The molecule has 0 fully saturated rings. The van der Waals surface area contributed by atoms with Crippen LogP contribution >= 0.6 is 11.3 Å². The fourth-order valence-electron chi connectivity index (χ4n) is 2.03. The van der Waals surface area contributed by atoms with Crippen LogP contribution in [0.4, 0.5) is 11.6 Å². The van der Waals surface area contributed by atoms with E-state index in [9.17, 15) is 0 Å². The van der Waals surface area contributed by atoms with Gasteiger partial charge in [-0.3, -0.25) is 0 Å². The molecule has 2 N–H and O–H groups in total. The maximum Gasteiger partial charge on any atom is 0.135 e. The van der Waals surface area contributed by atoms with Crippen molar-refractivity contribution in [2.75, 3.05) is 17.2 Å². The molecule has 0 aliphatic carbocycles. The van der Waals surface area contributed by atoms with Crippen LogP contribution in [0.1, 0.15) is 36.4 Å². The van der Waals surface area contributed by atoms with Crippen LogP contribution in [0.15, 0.2) is 11.8 Å². The molecule has 20 heavy (non-hydrogen) atoms. The van der Waals surface area contributed by atoms with Gasteiger partial charge in [0, 0.05) is 17.0 Å². The summed E-state index contributed by atoms with van der Waals surface area (Å²) in [7, 11) is 0. The Balaban J connectivity index is 2.17. The largest absolute Gasteiger partial charge is 0.370 e. The average molecular weight is 291 g/mol. The number of hydrogen-bond acceptors (Lipinski definition) is 6. The maximum atomic E-state index is 4.39. The highest BCUT2D eigenvalue weighted by Gasteiger charge is 2.11. The van der Waals surface area contributed by atoms with E-state index < -0.39 is 0 Å². The van der Waals surface area contributed by atoms with Crippen molar-refractivity contribution in [1.29, 1.82) is 0 Å². The van der Waals surface area contributed by atoms with Crippen molar-refractivity contribution in [2.45, 2.75) is 40.2 Å². The Morgan fingerprint density at radius 1 is 1.10 bits per heavy atom. The second kappa shape index (κ2) is 7.19. The van der Waals surface area contributed by atoms with Gasteiger partial charge in [0.25, 0.3) is 0 Å². The second-order valence-corrected chi connectivity index (χ2v) is 5.48. The first-order chi connectivity index (χ1) is 9.76. The molecule has 0 aliphatic rings. The predicted molar refractivity (Wildman–Crippen MR) is 84.4 cm³/mol. The van der Waals surface area contributed by atoms with E-state index in [4.69, 9.17) is 0 Å². The summed E-state index contributed by atoms with van der Waals surface area (Å²) in [5.41, 5.74) is 4.13. The van der Waals surface area contributed by atoms with E-state index in [1.807, 2.05) is 12.4 Å². The molecular weight excluding hydrogens is 270 g/mol. The number of nitrogens with zero attached hydrogens (tertiary/aromatic N) is 3. The lowest BCUT2D eigenvalue weighted by atomic mass is 10.1. The van der Waals surface area contributed by atoms with Gasteiger partial charge in [-0.1, -0.05) is 13.3 Å². The number of aromatic nitrogens is 3. The summed E-state index contributed by atoms with van der Waals surface area (Å²) >= 11 is 1.67. The molecule has 0 bridgehead atoms. The Morgan fingerprint density at radius 3 is 2.45 bits per heavy atom. The Labute approximate surface area is 123 Å². The molecule has 2 rings (SSSR count). The number of thiazole rings is 1. The molecule has 108 valence electrons. The van der Waals surface area contributed by atoms with Crippen LogP contribution in [0.2, 0.25) is 0 Å². The molecule has 0 amide bonds. The van der Waals surface area contributed by atoms with Crippen LogP contribution in [-0.2, 0) is 13.0 Å². The Morgan fingerprint density at radius 2 is 1.85 bits per heavy atom. The van der Waals surface area contributed by atoms with Gasteiger partial charge >= 0.3 is 0 Å². The molecule has 0 atom stereocenters. The molecule has 0 aliphatic heterocycles. The third-order valence-corrected chi connectivity index (χ3v) is 3.99. The standard InChI is InChI=1S/C14H21N5S/c1-4-6-11-13(15-5-2)17-8-18-14(11)16-7-12-10(3)19-9-20-12/h8-9H,4-7H2,1-3H3,(H2,15,16,17,18). The van der Waals surface area contributed by atoms with Gasteiger partial charge in [-0.05, 0) is 20.3 Å². The van der Waals surface area contributed by atoms with Gasteiger partial charge in [0.15, 0.2) is 0 Å². The Kier molecular flexibility index (Phi) is 5.29. The minimum atomic E-state index is 0.760. The molecule has 0 radical (unpaired) electrons. The highest BCUT2D eigenvalue weighted by atomic mass is 32.1. The lowest BCUT2D eigenvalue weighted by Gasteiger charge is -2.14. The van der Waals surface area contributed by atoms with Crippen LogP contribution in [0, 0.1) is 6.92 Å². The third kappa shape index (κ3) is 3.45. The number of anilines is 2. The monoisotopic (exact) mass is 291 g/mol. The summed E-state index contributed by atoms with van der Waals surface area (Å²) in [6.45, 7) is 7.90. The lowest BCUT2D eigenvalue weighted by molar-refractivity contribution is 0.895. The summed E-state index contributed by atoms with van der Waals surface area (Å²) in [5.74, 6) is 1.86. The normalized spacial score (nSPS) is 10.6. The molecule has 6 heteroatoms. The van der Waals surface area contributed by atoms with Gasteiger partial charge in [-0.15, -0.1) is 11.3 Å². The van der Waals surface area contributed by atoms with Gasteiger partial charge in [-0.2, -0.15) is 0 Å². The van der Waals surface area contributed by atoms with Gasteiger partial charge in [0.05, 0.1) is 17.7 Å². The number of nitrogens with one attached hydrogen (secondary N) is 2. The fraction of sp³-hybridized carbons (Fsp3) is 0.500. The maximum absolute atomic E-state index is 4.39. The molecule has 5 nitrogen and oxygen atoms in total. The van der Waals surface area contributed by atoms with Crippen molar-refractivity contribution in [3.8, 4) is 0 Å². The molecule has 2 heterocycles. The van der Waals surface area contributed by atoms with E-state index in [0.717, 1.165) is 43.3 Å². The van der Waals surface area contributed by atoms with Crippen LogP contribution < -0.4 is 10.6 Å². The molecule has 0 saturated heterocycles. The number of aryl methyl sites for hydroxylation is 1. The van der Waals surface area contributed by atoms with Crippen LogP contribution in [0.25, 0.3) is 0 Å². The zero-order valence-corrected chi connectivity index (χ0v) is 13.0. The second-order valence-electron chi connectivity index (χ2n) is 4.54. The van der Waals surface area contributed by atoms with Crippen molar-refractivity contribution in [3.63, 3.8) is 0 Å². The highest BCUT2D eigenvalue weighted by molar-refractivity contribution is 7.09.